The number of amides is 4. The monoisotopic (exact) mass is 289 g/mol. The number of nitrogens with zero attached hydrogens (tertiary/aromatic N) is 1. The number of anilines is 1. The fourth-order valence-electron chi connectivity index (χ4n) is 1.88. The molecule has 4 amide bonds. The number of rotatable bonds is 4. The molecule has 7 nitrogen and oxygen atoms in total. The first-order chi connectivity index (χ1) is 10.0. The summed E-state index contributed by atoms with van der Waals surface area (Å²) >= 11 is 0. The van der Waals surface area contributed by atoms with Crippen molar-refractivity contribution in [2.45, 2.75) is 0 Å². The number of hydrogen-bond donors (Lipinski definition) is 3. The van der Waals surface area contributed by atoms with Crippen molar-refractivity contribution in [1.29, 1.82) is 0 Å². The van der Waals surface area contributed by atoms with Crippen LogP contribution < -0.4 is 15.5 Å². The summed E-state index contributed by atoms with van der Waals surface area (Å²) in [7, 11) is 1.84. The molecule has 1 heterocycles. The Morgan fingerprint density at radius 2 is 1.67 bits per heavy atom. The number of carbonyl (C=O) groups excluding carboxylic acids is 3. The number of hydrogen-bond acceptors (Lipinski definition) is 5. The number of urea groups is 1. The lowest BCUT2D eigenvalue weighted by Gasteiger charge is -2.18. The number of carbonyl (C=O) groups is 3. The van der Waals surface area contributed by atoms with Crippen LogP contribution in [0, 0.1) is 0 Å². The minimum absolute atomic E-state index is 0.0523. The molecule has 0 saturated carbocycles. The van der Waals surface area contributed by atoms with Gasteiger partial charge in [-0.3, -0.25) is 20.2 Å². The van der Waals surface area contributed by atoms with Gasteiger partial charge in [-0.15, -0.1) is 0 Å². The highest BCUT2D eigenvalue weighted by molar-refractivity contribution is 6.31. The van der Waals surface area contributed by atoms with Crippen molar-refractivity contribution < 1.29 is 19.5 Å². The van der Waals surface area contributed by atoms with E-state index in [0.29, 0.717) is 12.1 Å². The molecule has 2 rings (SSSR count). The van der Waals surface area contributed by atoms with Crippen LogP contribution in [0.3, 0.4) is 0 Å². The van der Waals surface area contributed by atoms with Gasteiger partial charge >= 0.3 is 6.03 Å². The number of aliphatic hydroxyl groups excluding tert-OH is 1. The van der Waals surface area contributed by atoms with Crippen LogP contribution in [0.2, 0.25) is 0 Å². The van der Waals surface area contributed by atoms with E-state index in [1.807, 2.05) is 34.7 Å². The maximum atomic E-state index is 11.6. The molecular formula is C14H15N3O4. The predicted molar refractivity (Wildman–Crippen MR) is 76.5 cm³/mol. The minimum Gasteiger partial charge on any atom is -0.395 e. The molecule has 21 heavy (non-hydrogen) atoms. The van der Waals surface area contributed by atoms with Crippen LogP contribution in [0.1, 0.15) is 5.56 Å². The molecule has 7 heteroatoms. The zero-order valence-electron chi connectivity index (χ0n) is 11.4. The molecule has 1 aromatic carbocycles. The highest BCUT2D eigenvalue weighted by Gasteiger charge is 2.27. The van der Waals surface area contributed by atoms with Crippen LogP contribution >= 0.6 is 0 Å². The summed E-state index contributed by atoms with van der Waals surface area (Å²) in [5.74, 6) is -1.43. The van der Waals surface area contributed by atoms with Crippen molar-refractivity contribution in [3.8, 4) is 0 Å². The van der Waals surface area contributed by atoms with Crippen molar-refractivity contribution in [1.82, 2.24) is 10.6 Å². The van der Waals surface area contributed by atoms with Crippen molar-refractivity contribution in [3.63, 3.8) is 0 Å². The zero-order valence-corrected chi connectivity index (χ0v) is 11.4. The van der Waals surface area contributed by atoms with Crippen molar-refractivity contribution in [2.24, 2.45) is 0 Å². The fraction of sp³-hybridized carbons (Fsp3) is 0.214. The third kappa shape index (κ3) is 3.46. The number of aliphatic hydroxyl groups is 1. The molecule has 0 radical (unpaired) electrons. The van der Waals surface area contributed by atoms with Crippen LogP contribution in [-0.2, 0) is 9.59 Å². The van der Waals surface area contributed by atoms with E-state index >= 15 is 0 Å². The third-order valence-corrected chi connectivity index (χ3v) is 3.02. The minimum atomic E-state index is -0.817. The Morgan fingerprint density at radius 3 is 2.19 bits per heavy atom. The van der Waals surface area contributed by atoms with Gasteiger partial charge in [0.1, 0.15) is 5.57 Å². The number of barbiturate groups is 1. The Hall–Kier alpha value is -2.67. The summed E-state index contributed by atoms with van der Waals surface area (Å²) in [6.45, 7) is 0.560. The Kier molecular flexibility index (Phi) is 4.34. The molecule has 0 bridgehead atoms. The van der Waals surface area contributed by atoms with Crippen LogP contribution in [0.5, 0.6) is 0 Å². The first-order valence-electron chi connectivity index (χ1n) is 6.31. The fourth-order valence-corrected chi connectivity index (χ4v) is 1.88. The first-order valence-corrected chi connectivity index (χ1v) is 6.31. The van der Waals surface area contributed by atoms with Gasteiger partial charge in [-0.2, -0.15) is 0 Å². The second-order valence-corrected chi connectivity index (χ2v) is 4.53. The van der Waals surface area contributed by atoms with Crippen LogP contribution in [0.4, 0.5) is 10.5 Å². The summed E-state index contributed by atoms with van der Waals surface area (Å²) < 4.78 is 0. The lowest BCUT2D eigenvalue weighted by atomic mass is 10.1. The van der Waals surface area contributed by atoms with Gasteiger partial charge in [0.25, 0.3) is 11.8 Å². The molecule has 0 aromatic heterocycles. The Balaban J connectivity index is 2.19. The summed E-state index contributed by atoms with van der Waals surface area (Å²) in [5, 5.41) is 12.9. The quantitative estimate of drug-likeness (QED) is 0.529. The second-order valence-electron chi connectivity index (χ2n) is 4.53. The Bertz CT molecular complexity index is 585. The number of likely N-dealkylation sites (N-methyl/N-ethyl adjacent to an activating group) is 1. The van der Waals surface area contributed by atoms with Gasteiger partial charge < -0.3 is 10.0 Å². The van der Waals surface area contributed by atoms with E-state index in [4.69, 9.17) is 5.11 Å². The molecule has 3 N–H and O–H groups in total. The van der Waals surface area contributed by atoms with Gasteiger partial charge in [-0.05, 0) is 23.8 Å². The van der Waals surface area contributed by atoms with E-state index in [2.05, 4.69) is 0 Å². The molecule has 0 aliphatic carbocycles. The summed E-state index contributed by atoms with van der Waals surface area (Å²) in [6, 6.07) is 6.29. The molecule has 0 atom stereocenters. The molecule has 1 aliphatic heterocycles. The molecule has 1 aliphatic rings. The maximum Gasteiger partial charge on any atom is 0.328 e. The summed E-state index contributed by atoms with van der Waals surface area (Å²) in [4.78, 5) is 36.0. The maximum absolute atomic E-state index is 11.6. The third-order valence-electron chi connectivity index (χ3n) is 3.02. The molecule has 0 spiro atoms. The van der Waals surface area contributed by atoms with Crippen LogP contribution in [-0.4, -0.2) is 43.2 Å². The lowest BCUT2D eigenvalue weighted by Crippen LogP contribution is -2.51. The van der Waals surface area contributed by atoms with Gasteiger partial charge in [-0.25, -0.2) is 4.79 Å². The number of nitrogens with one attached hydrogen (secondary N) is 2. The van der Waals surface area contributed by atoms with E-state index in [-0.39, 0.29) is 12.2 Å². The van der Waals surface area contributed by atoms with Crippen LogP contribution in [0.25, 0.3) is 6.08 Å². The van der Waals surface area contributed by atoms with Crippen molar-refractivity contribution in [2.75, 3.05) is 25.1 Å². The molecular weight excluding hydrogens is 274 g/mol. The van der Waals surface area contributed by atoms with Crippen molar-refractivity contribution >= 4 is 29.6 Å². The van der Waals surface area contributed by atoms with Gasteiger partial charge in [0, 0.05) is 19.3 Å². The van der Waals surface area contributed by atoms with Gasteiger partial charge in [0.2, 0.25) is 0 Å². The average Bonchev–Trinajstić information content (AvgIpc) is 2.43. The van der Waals surface area contributed by atoms with Gasteiger partial charge in [-0.1, -0.05) is 12.1 Å². The standard InChI is InChI=1S/C14H15N3O4/c1-17(6-7-18)10-4-2-9(3-5-10)8-11-12(19)15-14(21)16-13(11)20/h2-5,8,18H,6-7H2,1H3,(H2,15,16,19,20,21). The van der Waals surface area contributed by atoms with Crippen LogP contribution in [0.15, 0.2) is 29.8 Å². The first kappa shape index (κ1) is 14.7. The molecule has 110 valence electrons. The molecule has 1 fully saturated rings. The highest BCUT2D eigenvalue weighted by atomic mass is 16.3. The SMILES string of the molecule is CN(CCO)c1ccc(C=C2C(=O)NC(=O)NC2=O)cc1. The number of benzene rings is 1. The molecule has 1 aromatic rings. The second kappa shape index (κ2) is 6.19. The molecule has 0 unspecified atom stereocenters. The van der Waals surface area contributed by atoms with E-state index in [9.17, 15) is 14.4 Å². The predicted octanol–water partition coefficient (Wildman–Crippen LogP) is -0.136. The normalized spacial score (nSPS) is 14.6. The van der Waals surface area contributed by atoms with E-state index in [1.165, 1.54) is 6.08 Å². The number of imide groups is 2. The smallest absolute Gasteiger partial charge is 0.328 e. The van der Waals surface area contributed by atoms with Gasteiger partial charge in [0.15, 0.2) is 0 Å². The summed E-state index contributed by atoms with van der Waals surface area (Å²) in [6.07, 6.45) is 1.41. The van der Waals surface area contributed by atoms with E-state index in [1.54, 1.807) is 12.1 Å². The highest BCUT2D eigenvalue weighted by Crippen LogP contribution is 2.16. The zero-order chi connectivity index (χ0) is 15.4. The summed E-state index contributed by atoms with van der Waals surface area (Å²) in [5.41, 5.74) is 1.44. The van der Waals surface area contributed by atoms with E-state index < -0.39 is 17.8 Å². The Morgan fingerprint density at radius 1 is 1.10 bits per heavy atom. The lowest BCUT2D eigenvalue weighted by molar-refractivity contribution is -0.123. The van der Waals surface area contributed by atoms with Crippen molar-refractivity contribution in [3.05, 3.63) is 35.4 Å². The van der Waals surface area contributed by atoms with Gasteiger partial charge in [0.05, 0.1) is 6.61 Å². The molecule has 1 saturated heterocycles. The van der Waals surface area contributed by atoms with E-state index in [0.717, 1.165) is 5.69 Å². The average molecular weight is 289 g/mol. The largest absolute Gasteiger partial charge is 0.395 e. The topological polar surface area (TPSA) is 98.7 Å². The Labute approximate surface area is 121 Å².